The lowest BCUT2D eigenvalue weighted by Gasteiger charge is -2.41. The van der Waals surface area contributed by atoms with Crippen molar-refractivity contribution in [1.82, 2.24) is 9.97 Å². The smallest absolute Gasteiger partial charge is 0.311 e. The molecule has 0 radical (unpaired) electrons. The van der Waals surface area contributed by atoms with Gasteiger partial charge in [-0.05, 0) is 50.8 Å². The summed E-state index contributed by atoms with van der Waals surface area (Å²) in [6.45, 7) is 5.06. The topological polar surface area (TPSA) is 66.3 Å². The van der Waals surface area contributed by atoms with Gasteiger partial charge in [-0.15, -0.1) is 0 Å². The van der Waals surface area contributed by atoms with Gasteiger partial charge < -0.3 is 10.0 Å². The number of nitrogens with zero attached hydrogens (tertiary/aromatic N) is 3. The molecule has 132 valence electrons. The molecule has 3 rings (SSSR count). The van der Waals surface area contributed by atoms with Gasteiger partial charge in [0, 0.05) is 29.9 Å². The first-order valence-electron chi connectivity index (χ1n) is 8.43. The number of hydrogen-bond acceptors (Lipinski definition) is 4. The highest BCUT2D eigenvalue weighted by Gasteiger charge is 2.43. The normalized spacial score (nSPS) is 20.5. The van der Waals surface area contributed by atoms with E-state index in [2.05, 4.69) is 14.9 Å². The maximum absolute atomic E-state index is 12.2. The fourth-order valence-corrected chi connectivity index (χ4v) is 3.80. The lowest BCUT2D eigenvalue weighted by Crippen LogP contribution is -2.49. The van der Waals surface area contributed by atoms with Crippen molar-refractivity contribution < 1.29 is 9.90 Å². The van der Waals surface area contributed by atoms with Crippen molar-refractivity contribution in [2.24, 2.45) is 5.41 Å². The summed E-state index contributed by atoms with van der Waals surface area (Å²) >= 11 is 6.08. The summed E-state index contributed by atoms with van der Waals surface area (Å²) in [6.07, 6.45) is 3.72. The molecule has 1 N–H and O–H groups in total. The molecule has 1 aromatic carbocycles. The number of piperidine rings is 1. The van der Waals surface area contributed by atoms with Gasteiger partial charge in [0.25, 0.3) is 0 Å². The summed E-state index contributed by atoms with van der Waals surface area (Å²) in [5.41, 5.74) is 1.08. The molecule has 1 aliphatic heterocycles. The Labute approximate surface area is 152 Å². The van der Waals surface area contributed by atoms with Crippen LogP contribution in [0.25, 0.3) is 0 Å². The van der Waals surface area contributed by atoms with Crippen LogP contribution in [0.2, 0.25) is 5.02 Å². The van der Waals surface area contributed by atoms with Gasteiger partial charge in [0.2, 0.25) is 0 Å². The summed E-state index contributed by atoms with van der Waals surface area (Å²) in [5, 5.41) is 10.6. The van der Waals surface area contributed by atoms with Crippen LogP contribution in [0, 0.1) is 19.3 Å². The number of carboxylic acids is 1. The van der Waals surface area contributed by atoms with Gasteiger partial charge in [-0.2, -0.15) is 0 Å². The molecule has 0 bridgehead atoms. The highest BCUT2D eigenvalue weighted by molar-refractivity contribution is 6.30. The van der Waals surface area contributed by atoms with Crippen molar-refractivity contribution >= 4 is 23.4 Å². The number of aryl methyl sites for hydroxylation is 2. The van der Waals surface area contributed by atoms with Crippen LogP contribution in [-0.4, -0.2) is 34.1 Å². The first-order chi connectivity index (χ1) is 11.9. The first-order valence-corrected chi connectivity index (χ1v) is 8.80. The van der Waals surface area contributed by atoms with Crippen molar-refractivity contribution in [3.63, 3.8) is 0 Å². The Hall–Kier alpha value is -2.14. The van der Waals surface area contributed by atoms with Crippen LogP contribution in [0.5, 0.6) is 0 Å². The fourth-order valence-electron chi connectivity index (χ4n) is 3.58. The van der Waals surface area contributed by atoms with Gasteiger partial charge in [-0.1, -0.05) is 23.7 Å². The first kappa shape index (κ1) is 17.7. The standard InChI is InChI=1S/C19H22ClN3O2/c1-13-11-21-14(2)22-17(13)23-8-4-7-19(12-23,18(24)25)10-15-5-3-6-16(20)9-15/h3,5-6,9,11H,4,7-8,10,12H2,1-2H3,(H,24,25)/t19-/m1/s1. The van der Waals surface area contributed by atoms with Crippen molar-refractivity contribution in [1.29, 1.82) is 0 Å². The van der Waals surface area contributed by atoms with E-state index >= 15 is 0 Å². The molecular formula is C19H22ClN3O2. The van der Waals surface area contributed by atoms with Crippen LogP contribution in [0.1, 0.15) is 29.8 Å². The predicted octanol–water partition coefficient (Wildman–Crippen LogP) is 3.66. The molecule has 25 heavy (non-hydrogen) atoms. The summed E-state index contributed by atoms with van der Waals surface area (Å²) in [6, 6.07) is 7.46. The number of carbonyl (C=O) groups is 1. The number of benzene rings is 1. The van der Waals surface area contributed by atoms with Gasteiger partial charge in [0.1, 0.15) is 11.6 Å². The molecule has 1 aromatic heterocycles. The van der Waals surface area contributed by atoms with E-state index in [1.54, 1.807) is 12.3 Å². The van der Waals surface area contributed by atoms with Gasteiger partial charge >= 0.3 is 5.97 Å². The number of aromatic nitrogens is 2. The second-order valence-corrected chi connectivity index (χ2v) is 7.28. The summed E-state index contributed by atoms with van der Waals surface area (Å²) in [4.78, 5) is 23.0. The van der Waals surface area contributed by atoms with E-state index in [4.69, 9.17) is 11.6 Å². The molecule has 1 atom stereocenters. The van der Waals surface area contributed by atoms with Crippen molar-refractivity contribution in [3.05, 3.63) is 52.4 Å². The minimum Gasteiger partial charge on any atom is -0.481 e. The predicted molar refractivity (Wildman–Crippen MR) is 98.2 cm³/mol. The molecule has 0 spiro atoms. The zero-order valence-corrected chi connectivity index (χ0v) is 15.3. The number of hydrogen-bond donors (Lipinski definition) is 1. The molecule has 0 amide bonds. The molecule has 1 fully saturated rings. The third kappa shape index (κ3) is 3.76. The Balaban J connectivity index is 1.91. The Morgan fingerprint density at radius 3 is 2.92 bits per heavy atom. The number of aliphatic carboxylic acids is 1. The zero-order valence-electron chi connectivity index (χ0n) is 14.5. The van der Waals surface area contributed by atoms with Crippen molar-refractivity contribution in [3.8, 4) is 0 Å². The van der Waals surface area contributed by atoms with Crippen LogP contribution in [0.4, 0.5) is 5.82 Å². The second kappa shape index (κ2) is 7.00. The molecule has 5 nitrogen and oxygen atoms in total. The van der Waals surface area contributed by atoms with E-state index in [1.165, 1.54) is 0 Å². The summed E-state index contributed by atoms with van der Waals surface area (Å²) in [7, 11) is 0. The average Bonchev–Trinajstić information content (AvgIpc) is 2.57. The monoisotopic (exact) mass is 359 g/mol. The largest absolute Gasteiger partial charge is 0.481 e. The Morgan fingerprint density at radius 1 is 1.40 bits per heavy atom. The molecular weight excluding hydrogens is 338 g/mol. The molecule has 0 saturated carbocycles. The molecule has 1 aliphatic rings. The highest BCUT2D eigenvalue weighted by Crippen LogP contribution is 2.36. The third-order valence-electron chi connectivity index (χ3n) is 4.83. The van der Waals surface area contributed by atoms with E-state index < -0.39 is 11.4 Å². The van der Waals surface area contributed by atoms with Crippen molar-refractivity contribution in [2.45, 2.75) is 33.1 Å². The Kier molecular flexibility index (Phi) is 4.95. The quantitative estimate of drug-likeness (QED) is 0.902. The maximum atomic E-state index is 12.2. The van der Waals surface area contributed by atoms with Crippen molar-refractivity contribution in [2.75, 3.05) is 18.0 Å². The van der Waals surface area contributed by atoms with E-state index in [0.717, 1.165) is 29.9 Å². The van der Waals surface area contributed by atoms with Crippen LogP contribution in [-0.2, 0) is 11.2 Å². The van der Waals surface area contributed by atoms with Gasteiger partial charge in [0.15, 0.2) is 0 Å². The van der Waals surface area contributed by atoms with E-state index in [-0.39, 0.29) is 0 Å². The molecule has 6 heteroatoms. The highest BCUT2D eigenvalue weighted by atomic mass is 35.5. The Morgan fingerprint density at radius 2 is 2.20 bits per heavy atom. The second-order valence-electron chi connectivity index (χ2n) is 6.84. The van der Waals surface area contributed by atoms with E-state index in [0.29, 0.717) is 30.2 Å². The molecule has 0 aliphatic carbocycles. The SMILES string of the molecule is Cc1ncc(C)c(N2CCC[C@](Cc3cccc(Cl)c3)(C(=O)O)C2)n1. The maximum Gasteiger partial charge on any atom is 0.311 e. The number of halogens is 1. The average molecular weight is 360 g/mol. The van der Waals surface area contributed by atoms with Crippen LogP contribution in [0.3, 0.4) is 0 Å². The van der Waals surface area contributed by atoms with Crippen LogP contribution >= 0.6 is 11.6 Å². The van der Waals surface area contributed by atoms with Crippen LogP contribution in [0.15, 0.2) is 30.5 Å². The van der Waals surface area contributed by atoms with Gasteiger partial charge in [-0.3, -0.25) is 4.79 Å². The van der Waals surface area contributed by atoms with E-state index in [1.807, 2.05) is 32.0 Å². The molecule has 0 unspecified atom stereocenters. The minimum atomic E-state index is -0.839. The number of rotatable bonds is 4. The Bertz CT molecular complexity index is 796. The van der Waals surface area contributed by atoms with Gasteiger partial charge in [0.05, 0.1) is 5.41 Å². The number of anilines is 1. The molecule has 1 saturated heterocycles. The summed E-state index contributed by atoms with van der Waals surface area (Å²) < 4.78 is 0. The molecule has 2 aromatic rings. The fraction of sp³-hybridized carbons (Fsp3) is 0.421. The zero-order chi connectivity index (χ0) is 18.0. The third-order valence-corrected chi connectivity index (χ3v) is 5.06. The lowest BCUT2D eigenvalue weighted by molar-refractivity contribution is -0.149. The molecule has 2 heterocycles. The lowest BCUT2D eigenvalue weighted by atomic mass is 9.75. The van der Waals surface area contributed by atoms with E-state index in [9.17, 15) is 9.90 Å². The summed E-state index contributed by atoms with van der Waals surface area (Å²) in [5.74, 6) is 0.770. The van der Waals surface area contributed by atoms with Crippen LogP contribution < -0.4 is 4.90 Å². The number of carboxylic acid groups (broad SMARTS) is 1. The van der Waals surface area contributed by atoms with Gasteiger partial charge in [-0.25, -0.2) is 9.97 Å². The minimum absolute atomic E-state index is 0.437.